The fourth-order valence-corrected chi connectivity index (χ4v) is 1.68. The molecule has 2 aromatic rings. The van der Waals surface area contributed by atoms with Gasteiger partial charge in [-0.15, -0.1) is 5.10 Å². The zero-order chi connectivity index (χ0) is 15.6. The van der Waals surface area contributed by atoms with E-state index < -0.39 is 17.4 Å². The Kier molecular flexibility index (Phi) is 3.98. The van der Waals surface area contributed by atoms with Crippen molar-refractivity contribution in [2.75, 3.05) is 7.11 Å². The summed E-state index contributed by atoms with van der Waals surface area (Å²) in [4.78, 5) is 0. The Hall–Kier alpha value is -2.75. The maximum atomic E-state index is 13.6. The number of halogens is 2. The maximum Gasteiger partial charge on any atom is 0.257 e. The van der Waals surface area contributed by atoms with Gasteiger partial charge in [0.2, 0.25) is 11.6 Å². The maximum absolute atomic E-state index is 13.6. The highest BCUT2D eigenvalue weighted by Gasteiger charge is 2.19. The van der Waals surface area contributed by atoms with E-state index in [9.17, 15) is 8.78 Å². The van der Waals surface area contributed by atoms with E-state index in [2.05, 4.69) is 10.2 Å². The molecule has 0 radical (unpaired) electrons. The fraction of sp³-hybridized carbons (Fsp3) is 0.214. The average Bonchev–Trinajstić information content (AvgIpc) is 2.47. The highest BCUT2D eigenvalue weighted by molar-refractivity contribution is 5.49. The number of hydrogen-bond donors (Lipinski definition) is 0. The van der Waals surface area contributed by atoms with Crippen LogP contribution >= 0.6 is 0 Å². The van der Waals surface area contributed by atoms with Gasteiger partial charge in [-0.25, -0.2) is 4.39 Å². The van der Waals surface area contributed by atoms with Crippen molar-refractivity contribution >= 4 is 0 Å². The molecule has 7 heteroatoms. The van der Waals surface area contributed by atoms with Crippen molar-refractivity contribution in [3.63, 3.8) is 0 Å². The molecule has 108 valence electrons. The molecule has 0 amide bonds. The van der Waals surface area contributed by atoms with E-state index in [-0.39, 0.29) is 17.2 Å². The first-order valence-corrected chi connectivity index (χ1v) is 5.93. The summed E-state index contributed by atoms with van der Waals surface area (Å²) < 4.78 is 36.9. The van der Waals surface area contributed by atoms with Crippen LogP contribution in [0.15, 0.2) is 12.1 Å². The number of ether oxygens (including phenoxy) is 2. The van der Waals surface area contributed by atoms with Crippen LogP contribution in [0.25, 0.3) is 0 Å². The molecule has 0 fully saturated rings. The van der Waals surface area contributed by atoms with Crippen LogP contribution in [0.3, 0.4) is 0 Å². The molecule has 0 aliphatic heterocycles. The molecule has 0 spiro atoms. The minimum atomic E-state index is -1.18. The molecule has 0 saturated heterocycles. The van der Waals surface area contributed by atoms with E-state index in [0.29, 0.717) is 11.3 Å². The summed E-state index contributed by atoms with van der Waals surface area (Å²) in [5.41, 5.74) is 1.36. The highest BCUT2D eigenvalue weighted by atomic mass is 19.2. The normalized spacial score (nSPS) is 10.1. The first kappa shape index (κ1) is 14.7. The van der Waals surface area contributed by atoms with Crippen molar-refractivity contribution in [1.29, 1.82) is 5.26 Å². The van der Waals surface area contributed by atoms with Gasteiger partial charge in [-0.3, -0.25) is 0 Å². The number of hydrogen-bond acceptors (Lipinski definition) is 5. The Morgan fingerprint density at radius 2 is 1.90 bits per heavy atom. The van der Waals surface area contributed by atoms with Crippen LogP contribution in [-0.2, 0) is 0 Å². The van der Waals surface area contributed by atoms with Crippen molar-refractivity contribution < 1.29 is 18.3 Å². The highest BCUT2D eigenvalue weighted by Crippen LogP contribution is 2.35. The zero-order valence-electron chi connectivity index (χ0n) is 11.6. The van der Waals surface area contributed by atoms with Crippen LogP contribution in [0.2, 0.25) is 0 Å². The van der Waals surface area contributed by atoms with Crippen molar-refractivity contribution in [2.45, 2.75) is 13.8 Å². The first-order chi connectivity index (χ1) is 9.99. The van der Waals surface area contributed by atoms with Crippen LogP contribution in [-0.4, -0.2) is 17.3 Å². The second-order valence-corrected chi connectivity index (χ2v) is 4.20. The predicted octanol–water partition coefficient (Wildman–Crippen LogP) is 3.04. The Bertz CT molecular complexity index is 742. The van der Waals surface area contributed by atoms with Crippen molar-refractivity contribution in [1.82, 2.24) is 10.2 Å². The lowest BCUT2D eigenvalue weighted by atomic mass is 10.1. The summed E-state index contributed by atoms with van der Waals surface area (Å²) in [6.07, 6.45) is 0. The molecule has 2 rings (SSSR count). The molecule has 1 aromatic carbocycles. The van der Waals surface area contributed by atoms with Gasteiger partial charge in [-0.1, -0.05) is 0 Å². The summed E-state index contributed by atoms with van der Waals surface area (Å²) in [7, 11) is 1.18. The van der Waals surface area contributed by atoms with Gasteiger partial charge in [0, 0.05) is 0 Å². The number of nitrogens with zero attached hydrogens (tertiary/aromatic N) is 3. The summed E-state index contributed by atoms with van der Waals surface area (Å²) in [5.74, 6) is -2.83. The molecule has 21 heavy (non-hydrogen) atoms. The topological polar surface area (TPSA) is 68.0 Å². The van der Waals surface area contributed by atoms with Gasteiger partial charge in [0.25, 0.3) is 5.88 Å². The smallest absolute Gasteiger partial charge is 0.257 e. The van der Waals surface area contributed by atoms with Crippen LogP contribution in [0, 0.1) is 36.8 Å². The first-order valence-electron chi connectivity index (χ1n) is 5.93. The predicted molar refractivity (Wildman–Crippen MR) is 69.2 cm³/mol. The molecule has 0 saturated carbocycles. The van der Waals surface area contributed by atoms with Gasteiger partial charge < -0.3 is 9.47 Å². The summed E-state index contributed by atoms with van der Waals surface area (Å²) in [6, 6.07) is 4.04. The Labute approximate surface area is 119 Å². The van der Waals surface area contributed by atoms with E-state index in [1.54, 1.807) is 13.8 Å². The third-order valence-corrected chi connectivity index (χ3v) is 2.96. The van der Waals surface area contributed by atoms with Crippen molar-refractivity contribution in [2.24, 2.45) is 0 Å². The lowest BCUT2D eigenvalue weighted by Crippen LogP contribution is -2.02. The van der Waals surface area contributed by atoms with E-state index in [4.69, 9.17) is 14.7 Å². The second-order valence-electron chi connectivity index (χ2n) is 4.20. The van der Waals surface area contributed by atoms with Crippen LogP contribution in [0.4, 0.5) is 8.78 Å². The van der Waals surface area contributed by atoms with Crippen molar-refractivity contribution in [3.05, 3.63) is 40.6 Å². The number of methoxy groups -OCH3 is 1. The van der Waals surface area contributed by atoms with Crippen LogP contribution in [0.5, 0.6) is 17.4 Å². The molecule has 0 bridgehead atoms. The van der Waals surface area contributed by atoms with Gasteiger partial charge >= 0.3 is 0 Å². The molecule has 5 nitrogen and oxygen atoms in total. The van der Waals surface area contributed by atoms with Gasteiger partial charge in [-0.2, -0.15) is 14.8 Å². The van der Waals surface area contributed by atoms with Crippen LogP contribution < -0.4 is 9.47 Å². The minimum Gasteiger partial charge on any atom is -0.490 e. The third kappa shape index (κ3) is 2.60. The molecular weight excluding hydrogens is 280 g/mol. The SMILES string of the molecule is COc1c(Oc2nnc(C)c(C)c2C#N)ccc(F)c1F. The molecule has 0 aliphatic carbocycles. The molecule has 0 unspecified atom stereocenters. The van der Waals surface area contributed by atoms with E-state index in [1.807, 2.05) is 6.07 Å². The Morgan fingerprint density at radius 1 is 1.19 bits per heavy atom. The lowest BCUT2D eigenvalue weighted by molar-refractivity contribution is 0.340. The minimum absolute atomic E-state index is 0.0922. The molecule has 0 aliphatic rings. The molecule has 0 N–H and O–H groups in total. The molecule has 0 atom stereocenters. The van der Waals surface area contributed by atoms with E-state index >= 15 is 0 Å². The van der Waals surface area contributed by atoms with E-state index in [1.165, 1.54) is 13.2 Å². The quantitative estimate of drug-likeness (QED) is 0.869. The zero-order valence-corrected chi connectivity index (χ0v) is 11.6. The number of benzene rings is 1. The number of rotatable bonds is 3. The Morgan fingerprint density at radius 3 is 2.52 bits per heavy atom. The largest absolute Gasteiger partial charge is 0.490 e. The summed E-state index contributed by atoms with van der Waals surface area (Å²) >= 11 is 0. The van der Waals surface area contributed by atoms with E-state index in [0.717, 1.165) is 6.07 Å². The lowest BCUT2D eigenvalue weighted by Gasteiger charge is -2.12. The van der Waals surface area contributed by atoms with Gasteiger partial charge in [0.05, 0.1) is 12.8 Å². The number of nitriles is 1. The number of aryl methyl sites for hydroxylation is 1. The van der Waals surface area contributed by atoms with Crippen molar-refractivity contribution in [3.8, 4) is 23.4 Å². The molecular formula is C14H11F2N3O2. The second kappa shape index (κ2) is 5.71. The fourth-order valence-electron chi connectivity index (χ4n) is 1.68. The van der Waals surface area contributed by atoms with Gasteiger partial charge in [0.1, 0.15) is 11.6 Å². The molecule has 1 aromatic heterocycles. The van der Waals surface area contributed by atoms with Gasteiger partial charge in [-0.05, 0) is 31.5 Å². The summed E-state index contributed by atoms with van der Waals surface area (Å²) in [6.45, 7) is 3.39. The third-order valence-electron chi connectivity index (χ3n) is 2.96. The average molecular weight is 291 g/mol. The Balaban J connectivity index is 2.52. The standard InChI is InChI=1S/C14H11F2N3O2/c1-7-8(2)18-19-14(9(7)6-17)21-11-5-4-10(15)12(16)13(11)20-3/h4-5H,1-3H3. The number of aromatic nitrogens is 2. The van der Waals surface area contributed by atoms with Gasteiger partial charge in [0.15, 0.2) is 11.6 Å². The monoisotopic (exact) mass is 291 g/mol. The summed E-state index contributed by atoms with van der Waals surface area (Å²) in [5, 5.41) is 16.8. The molecule has 1 heterocycles. The van der Waals surface area contributed by atoms with Crippen LogP contribution in [0.1, 0.15) is 16.8 Å².